The molecule has 3 heteroatoms. The second kappa shape index (κ2) is 10.2. The van der Waals surface area contributed by atoms with Crippen LogP contribution in [0.25, 0.3) is 0 Å². The molecule has 0 saturated carbocycles. The van der Waals surface area contributed by atoms with Crippen molar-refractivity contribution in [1.29, 1.82) is 0 Å². The lowest BCUT2D eigenvalue weighted by Gasteiger charge is -2.08. The lowest BCUT2D eigenvalue weighted by molar-refractivity contribution is 0.399. The number of rotatable bonds is 3. The first-order chi connectivity index (χ1) is 6.29. The Morgan fingerprint density at radius 3 is 2.00 bits per heavy atom. The summed E-state index contributed by atoms with van der Waals surface area (Å²) in [4.78, 5) is 2.20. The van der Waals surface area contributed by atoms with Gasteiger partial charge in [0.1, 0.15) is 0 Å². The molecule has 0 heterocycles. The summed E-state index contributed by atoms with van der Waals surface area (Å²) in [7, 11) is 5.20. The second-order valence-corrected chi connectivity index (χ2v) is 3.04. The number of aliphatic hydroxyl groups is 1. The van der Waals surface area contributed by atoms with Gasteiger partial charge in [0.05, 0.1) is 0 Å². The first-order valence-electron chi connectivity index (χ1n) is 4.42. The third-order valence-electron chi connectivity index (χ3n) is 1.69. The molecule has 1 aromatic rings. The highest BCUT2D eigenvalue weighted by molar-refractivity contribution is 5.14. The van der Waals surface area contributed by atoms with Gasteiger partial charge in [-0.05, 0) is 26.1 Å². The summed E-state index contributed by atoms with van der Waals surface area (Å²) in [6, 6.07) is 10.6. The van der Waals surface area contributed by atoms with Gasteiger partial charge in [0, 0.05) is 13.7 Å². The van der Waals surface area contributed by atoms with Crippen LogP contribution in [0.15, 0.2) is 30.3 Å². The summed E-state index contributed by atoms with van der Waals surface area (Å²) in [5.41, 5.74) is 1.42. The van der Waals surface area contributed by atoms with E-state index in [9.17, 15) is 0 Å². The molecule has 0 saturated heterocycles. The second-order valence-electron chi connectivity index (χ2n) is 3.04. The maximum Gasteiger partial charge on any atom is 0.0319 e. The topological polar surface area (TPSA) is 55.0 Å². The van der Waals surface area contributed by atoms with E-state index in [1.807, 2.05) is 0 Å². The summed E-state index contributed by atoms with van der Waals surface area (Å²) in [5, 5.41) is 7.00. The standard InChI is InChI=1S/C10H15N.CH4O.H2O/c1-11(2)9-8-10-6-4-3-5-7-10;1-2;/h3-7H,8-9H2,1-2H3;2H,1H3;1H2. The molecule has 0 spiro atoms. The molecule has 0 unspecified atom stereocenters. The maximum atomic E-state index is 7.00. The molecule has 82 valence electrons. The van der Waals surface area contributed by atoms with Crippen molar-refractivity contribution in [3.8, 4) is 0 Å². The van der Waals surface area contributed by atoms with Crippen molar-refractivity contribution in [2.24, 2.45) is 0 Å². The minimum atomic E-state index is 0. The van der Waals surface area contributed by atoms with Gasteiger partial charge in [-0.25, -0.2) is 0 Å². The van der Waals surface area contributed by atoms with Crippen LogP contribution in [0.3, 0.4) is 0 Å². The van der Waals surface area contributed by atoms with Crippen molar-refractivity contribution in [2.75, 3.05) is 27.7 Å². The lowest BCUT2D eigenvalue weighted by atomic mass is 10.1. The minimum Gasteiger partial charge on any atom is -0.412 e. The summed E-state index contributed by atoms with van der Waals surface area (Å²) in [5.74, 6) is 0. The van der Waals surface area contributed by atoms with Crippen molar-refractivity contribution < 1.29 is 10.6 Å². The van der Waals surface area contributed by atoms with Crippen LogP contribution in [-0.4, -0.2) is 43.2 Å². The van der Waals surface area contributed by atoms with Crippen molar-refractivity contribution in [3.05, 3.63) is 35.9 Å². The monoisotopic (exact) mass is 199 g/mol. The van der Waals surface area contributed by atoms with Gasteiger partial charge in [-0.15, -0.1) is 0 Å². The molecule has 1 rings (SSSR count). The highest BCUT2D eigenvalue weighted by Gasteiger charge is 1.91. The molecule has 0 aromatic heterocycles. The maximum absolute atomic E-state index is 7.00. The Morgan fingerprint density at radius 2 is 1.57 bits per heavy atom. The Labute approximate surface area is 86.3 Å². The number of hydrogen-bond donors (Lipinski definition) is 1. The van der Waals surface area contributed by atoms with Crippen LogP contribution in [0.2, 0.25) is 0 Å². The average Bonchev–Trinajstić information content (AvgIpc) is 2.19. The van der Waals surface area contributed by atoms with Crippen LogP contribution in [0.4, 0.5) is 0 Å². The summed E-state index contributed by atoms with van der Waals surface area (Å²) in [6.45, 7) is 1.13. The van der Waals surface area contributed by atoms with Gasteiger partial charge in [-0.2, -0.15) is 0 Å². The van der Waals surface area contributed by atoms with Gasteiger partial charge in [-0.1, -0.05) is 30.3 Å². The Hall–Kier alpha value is -0.900. The quantitative estimate of drug-likeness (QED) is 0.774. The average molecular weight is 199 g/mol. The summed E-state index contributed by atoms with van der Waals surface area (Å²) >= 11 is 0. The third-order valence-corrected chi connectivity index (χ3v) is 1.69. The highest BCUT2D eigenvalue weighted by Crippen LogP contribution is 1.99. The van der Waals surface area contributed by atoms with Gasteiger partial charge in [-0.3, -0.25) is 0 Å². The first-order valence-corrected chi connectivity index (χ1v) is 4.42. The van der Waals surface area contributed by atoms with Crippen molar-refractivity contribution in [3.63, 3.8) is 0 Å². The lowest BCUT2D eigenvalue weighted by Crippen LogP contribution is -2.14. The normalized spacial score (nSPS) is 8.64. The van der Waals surface area contributed by atoms with Crippen LogP contribution < -0.4 is 0 Å². The highest BCUT2D eigenvalue weighted by atomic mass is 16.2. The molecule has 0 aliphatic heterocycles. The van der Waals surface area contributed by atoms with E-state index in [0.717, 1.165) is 20.1 Å². The van der Waals surface area contributed by atoms with Crippen LogP contribution in [0.5, 0.6) is 0 Å². The van der Waals surface area contributed by atoms with E-state index in [-0.39, 0.29) is 5.48 Å². The molecular weight excluding hydrogens is 178 g/mol. The fourth-order valence-electron chi connectivity index (χ4n) is 0.997. The van der Waals surface area contributed by atoms with E-state index >= 15 is 0 Å². The van der Waals surface area contributed by atoms with Gasteiger partial charge < -0.3 is 15.5 Å². The Morgan fingerprint density at radius 1 is 1.07 bits per heavy atom. The first kappa shape index (κ1) is 15.6. The van der Waals surface area contributed by atoms with E-state index in [4.69, 9.17) is 5.11 Å². The van der Waals surface area contributed by atoms with E-state index < -0.39 is 0 Å². The zero-order chi connectivity index (χ0) is 10.1. The largest absolute Gasteiger partial charge is 0.412 e. The van der Waals surface area contributed by atoms with Crippen LogP contribution in [0.1, 0.15) is 5.56 Å². The number of nitrogens with zero attached hydrogens (tertiary/aromatic N) is 1. The van der Waals surface area contributed by atoms with Gasteiger partial charge in [0.25, 0.3) is 0 Å². The van der Waals surface area contributed by atoms with E-state index in [2.05, 4.69) is 49.3 Å². The molecule has 0 aliphatic carbocycles. The third kappa shape index (κ3) is 7.73. The molecule has 14 heavy (non-hydrogen) atoms. The van der Waals surface area contributed by atoms with Crippen molar-refractivity contribution in [2.45, 2.75) is 6.42 Å². The fraction of sp³-hybridized carbons (Fsp3) is 0.455. The Balaban J connectivity index is 0. The molecule has 3 N–H and O–H groups in total. The minimum absolute atomic E-state index is 0. The Kier molecular flexibility index (Phi) is 11.3. The van der Waals surface area contributed by atoms with Crippen molar-refractivity contribution in [1.82, 2.24) is 4.90 Å². The summed E-state index contributed by atoms with van der Waals surface area (Å²) < 4.78 is 0. The predicted molar refractivity (Wildman–Crippen MR) is 60.5 cm³/mol. The molecule has 1 aromatic carbocycles. The number of aliphatic hydroxyl groups excluding tert-OH is 1. The Bertz CT molecular complexity index is 200. The van der Waals surface area contributed by atoms with Gasteiger partial charge in [0.2, 0.25) is 0 Å². The molecule has 0 amide bonds. The number of hydrogen-bond acceptors (Lipinski definition) is 2. The van der Waals surface area contributed by atoms with Crippen LogP contribution in [-0.2, 0) is 6.42 Å². The van der Waals surface area contributed by atoms with Gasteiger partial charge >= 0.3 is 0 Å². The zero-order valence-electron chi connectivity index (χ0n) is 9.20. The SMILES string of the molecule is CN(C)CCc1ccccc1.CO.O. The molecule has 3 nitrogen and oxygen atoms in total. The van der Waals surface area contributed by atoms with Crippen molar-refractivity contribution >= 4 is 0 Å². The molecular formula is C11H21NO2. The predicted octanol–water partition coefficient (Wildman–Crippen LogP) is 0.574. The molecule has 0 fully saturated rings. The van der Waals surface area contributed by atoms with E-state index in [0.29, 0.717) is 0 Å². The van der Waals surface area contributed by atoms with Crippen LogP contribution in [0, 0.1) is 0 Å². The number of benzene rings is 1. The molecule has 0 aliphatic rings. The fourth-order valence-corrected chi connectivity index (χ4v) is 0.997. The molecule has 0 radical (unpaired) electrons. The van der Waals surface area contributed by atoms with E-state index in [1.54, 1.807) is 0 Å². The summed E-state index contributed by atoms with van der Waals surface area (Å²) in [6.07, 6.45) is 1.15. The molecule has 0 atom stereocenters. The number of likely N-dealkylation sites (N-methyl/N-ethyl adjacent to an activating group) is 1. The zero-order valence-corrected chi connectivity index (χ0v) is 9.20. The smallest absolute Gasteiger partial charge is 0.0319 e. The van der Waals surface area contributed by atoms with E-state index in [1.165, 1.54) is 5.56 Å². The molecule has 0 bridgehead atoms. The van der Waals surface area contributed by atoms with Gasteiger partial charge in [0.15, 0.2) is 0 Å². The van der Waals surface area contributed by atoms with Crippen LogP contribution >= 0.6 is 0 Å².